The fourth-order valence-corrected chi connectivity index (χ4v) is 2.23. The Morgan fingerprint density at radius 2 is 1.92 bits per heavy atom. The Kier molecular flexibility index (Phi) is 11.7. The van der Waals surface area contributed by atoms with E-state index < -0.39 is 0 Å². The van der Waals surface area contributed by atoms with Crippen molar-refractivity contribution in [2.24, 2.45) is 4.99 Å². The van der Waals surface area contributed by atoms with E-state index in [1.807, 2.05) is 30.3 Å². The van der Waals surface area contributed by atoms with Crippen molar-refractivity contribution in [3.05, 3.63) is 42.3 Å². The van der Waals surface area contributed by atoms with Gasteiger partial charge in [0, 0.05) is 32.4 Å². The van der Waals surface area contributed by atoms with Crippen LogP contribution >= 0.6 is 24.0 Å². The van der Waals surface area contributed by atoms with Gasteiger partial charge in [-0.1, -0.05) is 31.5 Å². The molecule has 0 saturated heterocycles. The topological polar surface area (TPSA) is 71.7 Å². The number of ether oxygens (including phenoxy) is 1. The van der Waals surface area contributed by atoms with Crippen LogP contribution < -0.4 is 10.6 Å². The van der Waals surface area contributed by atoms with Gasteiger partial charge in [0.15, 0.2) is 5.96 Å². The molecule has 2 aromatic rings. The third-order valence-corrected chi connectivity index (χ3v) is 3.63. The van der Waals surface area contributed by atoms with Gasteiger partial charge in [0.25, 0.3) is 0 Å². The first-order chi connectivity index (χ1) is 12.3. The summed E-state index contributed by atoms with van der Waals surface area (Å²) in [6, 6.07) is 9.86. The second-order valence-electron chi connectivity index (χ2n) is 5.68. The average Bonchev–Trinajstić information content (AvgIpc) is 3.13. The molecule has 2 rings (SSSR count). The minimum atomic E-state index is 0. The van der Waals surface area contributed by atoms with Crippen LogP contribution in [0.3, 0.4) is 0 Å². The predicted octanol–water partition coefficient (Wildman–Crippen LogP) is 3.83. The van der Waals surface area contributed by atoms with E-state index in [4.69, 9.17) is 9.15 Å². The summed E-state index contributed by atoms with van der Waals surface area (Å²) in [6.07, 6.45) is 4.92. The molecule has 144 valence electrons. The number of halogens is 1. The predicted molar refractivity (Wildman–Crippen MR) is 116 cm³/mol. The Morgan fingerprint density at radius 1 is 1.15 bits per heavy atom. The van der Waals surface area contributed by atoms with Crippen molar-refractivity contribution in [1.82, 2.24) is 15.6 Å². The van der Waals surface area contributed by atoms with Gasteiger partial charge < -0.3 is 19.8 Å². The Balaban J connectivity index is 0.00000338. The maximum atomic E-state index is 5.54. The molecule has 0 amide bonds. The van der Waals surface area contributed by atoms with Crippen LogP contribution in [0.1, 0.15) is 31.9 Å². The number of nitrogens with one attached hydrogen (secondary N) is 2. The third-order valence-electron chi connectivity index (χ3n) is 3.63. The van der Waals surface area contributed by atoms with Gasteiger partial charge in [0.05, 0.1) is 12.2 Å². The normalized spacial score (nSPS) is 11.1. The monoisotopic (exact) mass is 472 g/mol. The van der Waals surface area contributed by atoms with E-state index in [1.165, 1.54) is 6.42 Å². The smallest absolute Gasteiger partial charge is 0.226 e. The fourth-order valence-electron chi connectivity index (χ4n) is 2.23. The molecular formula is C19H29IN4O2. The zero-order valence-electron chi connectivity index (χ0n) is 15.5. The molecule has 26 heavy (non-hydrogen) atoms. The number of nitrogens with zero attached hydrogens (tertiary/aromatic N) is 2. The molecule has 0 saturated carbocycles. The number of hydrogen-bond donors (Lipinski definition) is 2. The van der Waals surface area contributed by atoms with Gasteiger partial charge in [-0.25, -0.2) is 4.98 Å². The lowest BCUT2D eigenvalue weighted by Gasteiger charge is -2.10. The van der Waals surface area contributed by atoms with Crippen LogP contribution in [0.25, 0.3) is 11.5 Å². The molecule has 0 spiro atoms. The second kappa shape index (κ2) is 13.6. The molecule has 2 N–H and O–H groups in total. The van der Waals surface area contributed by atoms with E-state index in [0.29, 0.717) is 12.4 Å². The number of aliphatic imine (C=N–C) groups is 1. The molecule has 1 aromatic carbocycles. The van der Waals surface area contributed by atoms with Crippen LogP contribution in [0.5, 0.6) is 0 Å². The van der Waals surface area contributed by atoms with Crippen LogP contribution in [0.15, 0.2) is 46.0 Å². The minimum Gasteiger partial charge on any atom is -0.444 e. The summed E-state index contributed by atoms with van der Waals surface area (Å²) in [5.74, 6) is 1.38. The molecule has 1 heterocycles. The lowest BCUT2D eigenvalue weighted by Crippen LogP contribution is -2.37. The first kappa shape index (κ1) is 22.4. The number of aromatic nitrogens is 1. The number of benzene rings is 1. The lowest BCUT2D eigenvalue weighted by atomic mass is 10.2. The summed E-state index contributed by atoms with van der Waals surface area (Å²) in [5, 5.41) is 6.51. The van der Waals surface area contributed by atoms with Gasteiger partial charge in [0.2, 0.25) is 5.89 Å². The van der Waals surface area contributed by atoms with Gasteiger partial charge in [-0.2, -0.15) is 0 Å². The van der Waals surface area contributed by atoms with Crippen molar-refractivity contribution in [1.29, 1.82) is 0 Å². The maximum Gasteiger partial charge on any atom is 0.226 e. The standard InChI is InChI=1S/C19H28N4O2.HI/c1-3-4-12-24-13-8-11-21-19(20-2)22-14-17-15-25-18(23-17)16-9-6-5-7-10-16;/h5-7,9-10,15H,3-4,8,11-14H2,1-2H3,(H2,20,21,22);1H. The SMILES string of the molecule is CCCCOCCCNC(=NC)NCc1coc(-c2ccccc2)n1.I. The van der Waals surface area contributed by atoms with E-state index in [2.05, 4.69) is 27.5 Å². The minimum absolute atomic E-state index is 0. The molecule has 0 fully saturated rings. The molecule has 0 aliphatic heterocycles. The van der Waals surface area contributed by atoms with Crippen molar-refractivity contribution < 1.29 is 9.15 Å². The van der Waals surface area contributed by atoms with Crippen LogP contribution in [-0.4, -0.2) is 37.7 Å². The highest BCUT2D eigenvalue weighted by molar-refractivity contribution is 14.0. The number of guanidine groups is 1. The van der Waals surface area contributed by atoms with Crippen LogP contribution in [-0.2, 0) is 11.3 Å². The molecule has 0 aliphatic carbocycles. The lowest BCUT2D eigenvalue weighted by molar-refractivity contribution is 0.129. The highest BCUT2D eigenvalue weighted by Crippen LogP contribution is 2.17. The van der Waals surface area contributed by atoms with E-state index >= 15 is 0 Å². The molecule has 7 heteroatoms. The molecule has 0 unspecified atom stereocenters. The Labute approximate surface area is 172 Å². The van der Waals surface area contributed by atoms with Gasteiger partial charge in [-0.05, 0) is 25.0 Å². The fraction of sp³-hybridized carbons (Fsp3) is 0.474. The Morgan fingerprint density at radius 3 is 2.65 bits per heavy atom. The molecule has 1 aromatic heterocycles. The number of unbranched alkanes of at least 4 members (excludes halogenated alkanes) is 1. The highest BCUT2D eigenvalue weighted by Gasteiger charge is 2.06. The zero-order valence-corrected chi connectivity index (χ0v) is 17.9. The van der Waals surface area contributed by atoms with Gasteiger partial charge in [-0.15, -0.1) is 24.0 Å². The Bertz CT molecular complexity index is 631. The summed E-state index contributed by atoms with van der Waals surface area (Å²) >= 11 is 0. The summed E-state index contributed by atoms with van der Waals surface area (Å²) in [4.78, 5) is 8.70. The summed E-state index contributed by atoms with van der Waals surface area (Å²) in [6.45, 7) is 5.16. The Hall–Kier alpha value is -1.61. The molecule has 0 atom stereocenters. The van der Waals surface area contributed by atoms with E-state index in [-0.39, 0.29) is 24.0 Å². The van der Waals surface area contributed by atoms with Crippen molar-refractivity contribution in [3.63, 3.8) is 0 Å². The zero-order chi connectivity index (χ0) is 17.7. The van der Waals surface area contributed by atoms with Gasteiger partial charge >= 0.3 is 0 Å². The average molecular weight is 472 g/mol. The molecule has 0 bridgehead atoms. The van der Waals surface area contributed by atoms with Crippen molar-refractivity contribution >= 4 is 29.9 Å². The first-order valence-electron chi connectivity index (χ1n) is 8.85. The van der Waals surface area contributed by atoms with Crippen molar-refractivity contribution in [2.45, 2.75) is 32.7 Å². The quantitative estimate of drug-likeness (QED) is 0.238. The van der Waals surface area contributed by atoms with E-state index in [1.54, 1.807) is 13.3 Å². The molecule has 6 nitrogen and oxygen atoms in total. The second-order valence-corrected chi connectivity index (χ2v) is 5.68. The number of rotatable bonds is 10. The number of oxazole rings is 1. The maximum absolute atomic E-state index is 5.54. The summed E-state index contributed by atoms with van der Waals surface area (Å²) in [5.41, 5.74) is 1.81. The summed E-state index contributed by atoms with van der Waals surface area (Å²) in [7, 11) is 1.76. The summed E-state index contributed by atoms with van der Waals surface area (Å²) < 4.78 is 11.1. The molecule has 0 aliphatic rings. The first-order valence-corrected chi connectivity index (χ1v) is 8.85. The van der Waals surface area contributed by atoms with E-state index in [0.717, 1.165) is 49.8 Å². The van der Waals surface area contributed by atoms with Crippen LogP contribution in [0.4, 0.5) is 0 Å². The van der Waals surface area contributed by atoms with E-state index in [9.17, 15) is 0 Å². The van der Waals surface area contributed by atoms with Crippen LogP contribution in [0, 0.1) is 0 Å². The van der Waals surface area contributed by atoms with Gasteiger partial charge in [0.1, 0.15) is 6.26 Å². The molecule has 0 radical (unpaired) electrons. The van der Waals surface area contributed by atoms with Crippen LogP contribution in [0.2, 0.25) is 0 Å². The third kappa shape index (κ3) is 8.18. The van der Waals surface area contributed by atoms with Gasteiger partial charge in [-0.3, -0.25) is 4.99 Å². The largest absolute Gasteiger partial charge is 0.444 e. The highest BCUT2D eigenvalue weighted by atomic mass is 127. The van der Waals surface area contributed by atoms with Crippen molar-refractivity contribution in [2.75, 3.05) is 26.8 Å². The number of hydrogen-bond acceptors (Lipinski definition) is 4. The molecular weight excluding hydrogens is 443 g/mol. The van der Waals surface area contributed by atoms with Crippen molar-refractivity contribution in [3.8, 4) is 11.5 Å².